The molecule has 0 saturated heterocycles. The van der Waals surface area contributed by atoms with Crippen molar-refractivity contribution >= 4 is 22.0 Å². The van der Waals surface area contributed by atoms with Crippen LogP contribution in [0.4, 0.5) is 0 Å². The molecule has 3 atom stereocenters. The van der Waals surface area contributed by atoms with Gasteiger partial charge in [0.15, 0.2) is 0 Å². The minimum atomic E-state index is -3.95. The Bertz CT molecular complexity index is 888. The van der Waals surface area contributed by atoms with E-state index in [-0.39, 0.29) is 32.9 Å². The molecule has 2 aliphatic rings. The first-order valence-electron chi connectivity index (χ1n) is 9.30. The second kappa shape index (κ2) is 6.84. The summed E-state index contributed by atoms with van der Waals surface area (Å²) in [5.74, 6) is -0.984. The molecule has 2 aliphatic carbocycles. The lowest BCUT2D eigenvalue weighted by atomic mass is 9.69. The predicted molar refractivity (Wildman–Crippen MR) is 102 cm³/mol. The maximum atomic E-state index is 13.1. The van der Waals surface area contributed by atoms with Crippen LogP contribution in [0.2, 0.25) is 0 Å². The summed E-state index contributed by atoms with van der Waals surface area (Å²) < 4.78 is 38.5. The molecule has 2 bridgehead atoms. The van der Waals surface area contributed by atoms with Crippen LogP contribution in [0.15, 0.2) is 23.1 Å². The van der Waals surface area contributed by atoms with E-state index in [0.717, 1.165) is 19.3 Å². The van der Waals surface area contributed by atoms with E-state index in [9.17, 15) is 18.0 Å². The highest BCUT2D eigenvalue weighted by Gasteiger charge is 2.61. The van der Waals surface area contributed by atoms with Gasteiger partial charge in [0.2, 0.25) is 10.0 Å². The summed E-state index contributed by atoms with van der Waals surface area (Å²) in [6, 6.07) is 3.51. The number of esters is 2. The van der Waals surface area contributed by atoms with Gasteiger partial charge in [-0.2, -0.15) is 0 Å². The normalized spacial score (nSPS) is 28.2. The molecular weight excluding hydrogens is 382 g/mol. The number of hydrogen-bond donors (Lipinski definition) is 1. The van der Waals surface area contributed by atoms with Crippen LogP contribution < -0.4 is 4.72 Å². The van der Waals surface area contributed by atoms with Crippen molar-refractivity contribution in [3.05, 3.63) is 29.3 Å². The van der Waals surface area contributed by atoms with Crippen molar-refractivity contribution in [1.29, 1.82) is 0 Å². The molecule has 0 radical (unpaired) electrons. The van der Waals surface area contributed by atoms with Gasteiger partial charge < -0.3 is 9.47 Å². The first-order chi connectivity index (χ1) is 13.0. The van der Waals surface area contributed by atoms with Crippen molar-refractivity contribution in [3.8, 4) is 0 Å². The van der Waals surface area contributed by atoms with Crippen molar-refractivity contribution in [3.63, 3.8) is 0 Å². The Labute approximate surface area is 165 Å². The lowest BCUT2D eigenvalue weighted by Gasteiger charge is -2.39. The SMILES string of the molecule is COC(=O)c1cc(C(=O)OC)cc(S(=O)(=O)N[C@@H]2C[C@@H]3CC[C@]2(C)C3(C)C)c1. The Morgan fingerprint density at radius 2 is 1.57 bits per heavy atom. The summed E-state index contributed by atoms with van der Waals surface area (Å²) in [7, 11) is -1.56. The molecule has 1 N–H and O–H groups in total. The van der Waals surface area contributed by atoms with Crippen molar-refractivity contribution in [1.82, 2.24) is 4.72 Å². The number of ether oxygens (including phenoxy) is 2. The molecule has 0 unspecified atom stereocenters. The topological polar surface area (TPSA) is 98.8 Å². The largest absolute Gasteiger partial charge is 0.465 e. The number of methoxy groups -OCH3 is 2. The van der Waals surface area contributed by atoms with Gasteiger partial charge in [-0.3, -0.25) is 0 Å². The molecule has 8 heteroatoms. The molecule has 0 amide bonds. The van der Waals surface area contributed by atoms with Crippen LogP contribution in [0, 0.1) is 16.7 Å². The van der Waals surface area contributed by atoms with E-state index in [2.05, 4.69) is 35.0 Å². The van der Waals surface area contributed by atoms with Gasteiger partial charge in [-0.15, -0.1) is 0 Å². The van der Waals surface area contributed by atoms with E-state index in [1.165, 1.54) is 32.4 Å². The molecule has 0 heterocycles. The summed E-state index contributed by atoms with van der Waals surface area (Å²) >= 11 is 0. The zero-order valence-electron chi connectivity index (χ0n) is 16.9. The van der Waals surface area contributed by atoms with Crippen molar-refractivity contribution in [2.75, 3.05) is 14.2 Å². The summed E-state index contributed by atoms with van der Waals surface area (Å²) in [6.45, 7) is 6.54. The Balaban J connectivity index is 1.98. The summed E-state index contributed by atoms with van der Waals surface area (Å²) in [5.41, 5.74) is -0.142. The van der Waals surface area contributed by atoms with Gasteiger partial charge in [-0.05, 0) is 54.2 Å². The van der Waals surface area contributed by atoms with Crippen LogP contribution in [0.1, 0.15) is 60.7 Å². The number of benzene rings is 1. The van der Waals surface area contributed by atoms with E-state index in [0.29, 0.717) is 5.92 Å². The average Bonchev–Trinajstić information content (AvgIpc) is 2.99. The molecule has 0 aliphatic heterocycles. The van der Waals surface area contributed by atoms with Crippen molar-refractivity contribution in [2.45, 2.75) is 51.0 Å². The number of fused-ring (bicyclic) bond motifs is 2. The maximum absolute atomic E-state index is 13.1. The van der Waals surface area contributed by atoms with Gasteiger partial charge in [0.05, 0.1) is 30.2 Å². The van der Waals surface area contributed by atoms with Gasteiger partial charge in [0.25, 0.3) is 0 Å². The minimum Gasteiger partial charge on any atom is -0.465 e. The van der Waals surface area contributed by atoms with Gasteiger partial charge >= 0.3 is 11.9 Å². The molecule has 7 nitrogen and oxygen atoms in total. The number of nitrogens with one attached hydrogen (secondary N) is 1. The molecule has 28 heavy (non-hydrogen) atoms. The summed E-state index contributed by atoms with van der Waals surface area (Å²) in [6.07, 6.45) is 2.85. The van der Waals surface area contributed by atoms with Gasteiger partial charge in [0, 0.05) is 6.04 Å². The Kier molecular flexibility index (Phi) is 5.08. The fourth-order valence-corrected chi connectivity index (χ4v) is 6.29. The van der Waals surface area contributed by atoms with Crippen molar-refractivity contribution in [2.24, 2.45) is 16.7 Å². The van der Waals surface area contributed by atoms with Crippen LogP contribution in [-0.4, -0.2) is 40.6 Å². The Morgan fingerprint density at radius 3 is 1.96 bits per heavy atom. The van der Waals surface area contributed by atoms with E-state index in [4.69, 9.17) is 0 Å². The zero-order chi connectivity index (χ0) is 20.9. The van der Waals surface area contributed by atoms with Gasteiger partial charge in [0.1, 0.15) is 0 Å². The van der Waals surface area contributed by atoms with Crippen LogP contribution in [-0.2, 0) is 19.5 Å². The number of carbonyl (C=O) groups excluding carboxylic acids is 2. The molecule has 2 fully saturated rings. The molecule has 3 rings (SSSR count). The predicted octanol–water partition coefficient (Wildman–Crippen LogP) is 2.75. The number of rotatable bonds is 5. The second-order valence-corrected chi connectivity index (χ2v) is 10.2. The van der Waals surface area contributed by atoms with E-state index in [1.807, 2.05) is 0 Å². The molecule has 1 aromatic carbocycles. The first kappa shape index (κ1) is 20.8. The fourth-order valence-electron chi connectivity index (χ4n) is 4.86. The van der Waals surface area contributed by atoms with Crippen LogP contribution in [0.25, 0.3) is 0 Å². The monoisotopic (exact) mass is 409 g/mol. The highest BCUT2D eigenvalue weighted by Crippen LogP contribution is 2.65. The third kappa shape index (κ3) is 3.12. The maximum Gasteiger partial charge on any atom is 0.337 e. The highest BCUT2D eigenvalue weighted by molar-refractivity contribution is 7.89. The summed E-state index contributed by atoms with van der Waals surface area (Å²) in [5, 5.41) is 0. The third-order valence-electron chi connectivity index (χ3n) is 7.15. The van der Waals surface area contributed by atoms with Crippen molar-refractivity contribution < 1.29 is 27.5 Å². The molecule has 2 saturated carbocycles. The van der Waals surface area contributed by atoms with Gasteiger partial charge in [-0.1, -0.05) is 20.8 Å². The molecule has 0 aromatic heterocycles. The first-order valence-corrected chi connectivity index (χ1v) is 10.8. The van der Waals surface area contributed by atoms with Crippen LogP contribution in [0.3, 0.4) is 0 Å². The number of hydrogen-bond acceptors (Lipinski definition) is 6. The molecule has 0 spiro atoms. The average molecular weight is 410 g/mol. The highest BCUT2D eigenvalue weighted by atomic mass is 32.2. The quantitative estimate of drug-likeness (QED) is 0.751. The smallest absolute Gasteiger partial charge is 0.337 e. The lowest BCUT2D eigenvalue weighted by Crippen LogP contribution is -2.46. The minimum absolute atomic E-state index is 0.0229. The lowest BCUT2D eigenvalue weighted by molar-refractivity contribution is 0.0598. The zero-order valence-corrected chi connectivity index (χ0v) is 17.7. The Hall–Kier alpha value is -1.93. The van der Waals surface area contributed by atoms with E-state index in [1.54, 1.807) is 0 Å². The molecule has 1 aromatic rings. The Morgan fingerprint density at radius 1 is 1.04 bits per heavy atom. The molecular formula is C20H27NO6S. The number of sulfonamides is 1. The number of carbonyl (C=O) groups is 2. The molecule has 154 valence electrons. The second-order valence-electron chi connectivity index (χ2n) is 8.51. The third-order valence-corrected chi connectivity index (χ3v) is 8.60. The van der Waals surface area contributed by atoms with Gasteiger partial charge in [-0.25, -0.2) is 22.7 Å². The fraction of sp³-hybridized carbons (Fsp3) is 0.600. The van der Waals surface area contributed by atoms with E-state index < -0.39 is 22.0 Å². The van der Waals surface area contributed by atoms with Crippen LogP contribution >= 0.6 is 0 Å². The standard InChI is InChI=1S/C20H27NO6S/c1-19(2)14-6-7-20(19,3)16(11-14)21-28(24,25)15-9-12(17(22)26-4)8-13(10-15)18(23)27-5/h8-10,14,16,21H,6-7,11H2,1-5H3/t14-,16+,20-/m0/s1. The van der Waals surface area contributed by atoms with E-state index >= 15 is 0 Å². The summed E-state index contributed by atoms with van der Waals surface area (Å²) in [4.78, 5) is 23.7. The van der Waals surface area contributed by atoms with Crippen LogP contribution in [0.5, 0.6) is 0 Å².